The lowest BCUT2D eigenvalue weighted by Crippen LogP contribution is -2.30. The highest BCUT2D eigenvalue weighted by Crippen LogP contribution is 2.45. The van der Waals surface area contributed by atoms with Crippen molar-refractivity contribution in [1.29, 1.82) is 0 Å². The van der Waals surface area contributed by atoms with Crippen LogP contribution in [-0.4, -0.2) is 96.7 Å². The van der Waals surface area contributed by atoms with E-state index in [9.17, 15) is 43.2 Å². The summed E-state index contributed by atoms with van der Waals surface area (Å²) in [6, 6.07) is 0. The van der Waals surface area contributed by atoms with Gasteiger partial charge in [-0.25, -0.2) is 9.13 Å². The molecular weight excluding hydrogens is 1220 g/mol. The maximum absolute atomic E-state index is 13.1. The van der Waals surface area contributed by atoms with Crippen molar-refractivity contribution in [2.75, 3.05) is 39.6 Å². The molecule has 0 fully saturated rings. The molecule has 0 spiro atoms. The van der Waals surface area contributed by atoms with E-state index in [2.05, 4.69) is 34.6 Å². The van der Waals surface area contributed by atoms with E-state index in [1.165, 1.54) is 199 Å². The normalized spacial score (nSPS) is 14.0. The van der Waals surface area contributed by atoms with E-state index in [-0.39, 0.29) is 25.7 Å². The van der Waals surface area contributed by atoms with E-state index >= 15 is 0 Å². The monoisotopic (exact) mass is 1370 g/mol. The molecule has 3 N–H and O–H groups in total. The minimum absolute atomic E-state index is 0.106. The van der Waals surface area contributed by atoms with Gasteiger partial charge in [0.05, 0.1) is 26.4 Å². The summed E-state index contributed by atoms with van der Waals surface area (Å²) in [6.45, 7) is 7.23. The number of phosphoric ester groups is 2. The van der Waals surface area contributed by atoms with Gasteiger partial charge < -0.3 is 33.8 Å². The molecule has 0 bridgehead atoms. The summed E-state index contributed by atoms with van der Waals surface area (Å²) in [4.78, 5) is 72.5. The Morgan fingerprint density at radius 1 is 0.290 bits per heavy atom. The molecule has 93 heavy (non-hydrogen) atoms. The Morgan fingerprint density at radius 2 is 0.495 bits per heavy atom. The molecule has 0 aromatic carbocycles. The summed E-state index contributed by atoms with van der Waals surface area (Å²) in [5, 5.41) is 10.6. The third-order valence-corrected chi connectivity index (χ3v) is 19.2. The van der Waals surface area contributed by atoms with Crippen LogP contribution in [0.3, 0.4) is 0 Å². The summed E-state index contributed by atoms with van der Waals surface area (Å²) >= 11 is 0. The van der Waals surface area contributed by atoms with Gasteiger partial charge in [-0.3, -0.25) is 37.3 Å². The molecule has 0 aromatic rings. The van der Waals surface area contributed by atoms with Gasteiger partial charge in [0.1, 0.15) is 19.3 Å². The van der Waals surface area contributed by atoms with Crippen LogP contribution >= 0.6 is 15.6 Å². The highest BCUT2D eigenvalue weighted by molar-refractivity contribution is 7.47. The van der Waals surface area contributed by atoms with Crippen molar-refractivity contribution in [2.45, 2.75) is 406 Å². The van der Waals surface area contributed by atoms with Crippen LogP contribution in [0.25, 0.3) is 0 Å². The van der Waals surface area contributed by atoms with Crippen LogP contribution in [0.4, 0.5) is 0 Å². The Morgan fingerprint density at radius 3 is 0.731 bits per heavy atom. The molecule has 0 saturated carbocycles. The third-order valence-electron chi connectivity index (χ3n) is 17.3. The number of carbonyl (C=O) groups is 4. The van der Waals surface area contributed by atoms with Crippen LogP contribution in [0, 0.1) is 5.92 Å². The minimum atomic E-state index is -4.95. The lowest BCUT2D eigenvalue weighted by atomic mass is 10.0. The van der Waals surface area contributed by atoms with E-state index in [0.717, 1.165) is 109 Å². The quantitative estimate of drug-likeness (QED) is 0.0222. The molecule has 0 heterocycles. The van der Waals surface area contributed by atoms with E-state index in [1.54, 1.807) is 0 Å². The molecular formula is C74H144O17P2. The highest BCUT2D eigenvalue weighted by Gasteiger charge is 2.30. The lowest BCUT2D eigenvalue weighted by molar-refractivity contribution is -0.161. The van der Waals surface area contributed by atoms with Crippen molar-refractivity contribution in [2.24, 2.45) is 5.92 Å². The van der Waals surface area contributed by atoms with Gasteiger partial charge >= 0.3 is 39.5 Å². The average molecular weight is 1370 g/mol. The summed E-state index contributed by atoms with van der Waals surface area (Å²) in [6.07, 6.45) is 55.7. The van der Waals surface area contributed by atoms with Crippen molar-refractivity contribution in [3.8, 4) is 0 Å². The molecule has 17 nitrogen and oxygen atoms in total. The van der Waals surface area contributed by atoms with Gasteiger partial charge in [0, 0.05) is 25.7 Å². The Bertz CT molecular complexity index is 1790. The molecule has 5 atom stereocenters. The summed E-state index contributed by atoms with van der Waals surface area (Å²) in [5.74, 6) is -1.34. The molecule has 19 heteroatoms. The summed E-state index contributed by atoms with van der Waals surface area (Å²) < 4.78 is 68.3. The molecule has 0 aliphatic heterocycles. The molecule has 0 amide bonds. The SMILES string of the molecule is CCCCCCCCCCCCCCCCCCCCCCCC(=O)O[C@H](COC(=O)CCCCCCCCCCCCCCC(C)C)COP(=O)(O)OC[C@@H](O)COP(=O)(O)OC[C@@H](COC(=O)CCCCCCCCC)OC(=O)CCCCCCCCCCCC. The first-order chi connectivity index (χ1) is 45.0. The standard InChI is InChI=1S/C74H144O17P2/c1-6-9-12-15-18-20-22-23-24-25-26-27-28-29-30-31-36-40-45-50-55-60-74(79)91-70(64-85-72(77)58-53-48-43-39-35-33-32-34-37-42-46-51-56-67(4)5)66-89-93(82,83)87-62-68(75)61-86-92(80,81)88-65-69(63-84-71(76)57-52-47-41-17-14-11-8-3)90-73(78)59-54-49-44-38-21-19-16-13-10-7-2/h67-70,75H,6-66H2,1-5H3,(H,80,81)(H,82,83)/t68-,69+,70+/m0/s1. The number of rotatable bonds is 74. The van der Waals surface area contributed by atoms with Gasteiger partial charge in [-0.15, -0.1) is 0 Å². The molecule has 2 unspecified atom stereocenters. The van der Waals surface area contributed by atoms with E-state index in [1.807, 2.05) is 0 Å². The number of aliphatic hydroxyl groups is 1. The molecule has 0 aliphatic carbocycles. The Balaban J connectivity index is 5.15. The number of phosphoric acid groups is 2. The fourth-order valence-corrected chi connectivity index (χ4v) is 12.9. The molecule has 0 aromatic heterocycles. The van der Waals surface area contributed by atoms with Crippen LogP contribution in [0.15, 0.2) is 0 Å². The fraction of sp³-hybridized carbons (Fsp3) is 0.946. The third kappa shape index (κ3) is 68.4. The van der Waals surface area contributed by atoms with Gasteiger partial charge in [0.25, 0.3) is 0 Å². The first-order valence-electron chi connectivity index (χ1n) is 38.6. The Labute approximate surface area is 568 Å². The van der Waals surface area contributed by atoms with Gasteiger partial charge in [-0.05, 0) is 31.6 Å². The Kier molecular flexibility index (Phi) is 65.9. The number of unbranched alkanes of at least 4 members (excludes halogenated alkanes) is 46. The van der Waals surface area contributed by atoms with Gasteiger partial charge in [0.15, 0.2) is 12.2 Å². The lowest BCUT2D eigenvalue weighted by Gasteiger charge is -2.21. The van der Waals surface area contributed by atoms with E-state index in [4.69, 9.17) is 37.0 Å². The average Bonchev–Trinajstić information content (AvgIpc) is 3.27. The first-order valence-corrected chi connectivity index (χ1v) is 41.6. The van der Waals surface area contributed by atoms with Crippen LogP contribution in [0.2, 0.25) is 0 Å². The predicted molar refractivity (Wildman–Crippen MR) is 377 cm³/mol. The van der Waals surface area contributed by atoms with Crippen LogP contribution in [0.1, 0.15) is 388 Å². The zero-order valence-electron chi connectivity index (χ0n) is 60.4. The first kappa shape index (κ1) is 91.1. The van der Waals surface area contributed by atoms with Crippen molar-refractivity contribution in [3.05, 3.63) is 0 Å². The molecule has 0 rings (SSSR count). The topological polar surface area (TPSA) is 237 Å². The molecule has 0 aliphatic rings. The smallest absolute Gasteiger partial charge is 0.462 e. The maximum atomic E-state index is 13.1. The van der Waals surface area contributed by atoms with Crippen molar-refractivity contribution in [3.63, 3.8) is 0 Å². The summed E-state index contributed by atoms with van der Waals surface area (Å²) in [7, 11) is -9.90. The molecule has 552 valence electrons. The Hall–Kier alpha value is -1.94. The second-order valence-electron chi connectivity index (χ2n) is 27.2. The zero-order valence-corrected chi connectivity index (χ0v) is 62.2. The number of hydrogen-bond acceptors (Lipinski definition) is 15. The number of carbonyl (C=O) groups excluding carboxylic acids is 4. The number of ether oxygens (including phenoxy) is 4. The van der Waals surface area contributed by atoms with Crippen molar-refractivity contribution in [1.82, 2.24) is 0 Å². The van der Waals surface area contributed by atoms with Crippen LogP contribution < -0.4 is 0 Å². The molecule has 0 radical (unpaired) electrons. The van der Waals surface area contributed by atoms with E-state index in [0.29, 0.717) is 25.7 Å². The maximum Gasteiger partial charge on any atom is 0.472 e. The van der Waals surface area contributed by atoms with Crippen molar-refractivity contribution >= 4 is 39.5 Å². The fourth-order valence-electron chi connectivity index (χ4n) is 11.4. The second-order valence-corrected chi connectivity index (χ2v) is 30.1. The van der Waals surface area contributed by atoms with Gasteiger partial charge in [0.2, 0.25) is 0 Å². The highest BCUT2D eigenvalue weighted by atomic mass is 31.2. The number of aliphatic hydroxyl groups excluding tert-OH is 1. The van der Waals surface area contributed by atoms with E-state index < -0.39 is 97.5 Å². The molecule has 0 saturated heterocycles. The van der Waals surface area contributed by atoms with Crippen LogP contribution in [-0.2, 0) is 65.4 Å². The zero-order chi connectivity index (χ0) is 68.4. The number of hydrogen-bond donors (Lipinski definition) is 3. The number of esters is 4. The van der Waals surface area contributed by atoms with Gasteiger partial charge in [-0.2, -0.15) is 0 Å². The van der Waals surface area contributed by atoms with Crippen molar-refractivity contribution < 1.29 is 80.2 Å². The second kappa shape index (κ2) is 67.3. The predicted octanol–water partition coefficient (Wildman–Crippen LogP) is 21.7. The minimum Gasteiger partial charge on any atom is -0.462 e. The van der Waals surface area contributed by atoms with Gasteiger partial charge in [-0.1, -0.05) is 336 Å². The summed E-state index contributed by atoms with van der Waals surface area (Å²) in [5.41, 5.74) is 0. The largest absolute Gasteiger partial charge is 0.472 e. The van der Waals surface area contributed by atoms with Crippen LogP contribution in [0.5, 0.6) is 0 Å².